The van der Waals surface area contributed by atoms with E-state index < -0.39 is 23.0 Å². The number of hydrogen-bond donors (Lipinski definition) is 2. The molecule has 0 bridgehead atoms. The van der Waals surface area contributed by atoms with E-state index in [4.69, 9.17) is 17.5 Å². The molecule has 0 aliphatic rings. The van der Waals surface area contributed by atoms with Gasteiger partial charge in [0.15, 0.2) is 0 Å². The molecule has 0 radical (unpaired) electrons. The number of unbranched alkanes of at least 4 members (excludes halogenated alkanes) is 8. The summed E-state index contributed by atoms with van der Waals surface area (Å²) in [5.41, 5.74) is 0. The van der Waals surface area contributed by atoms with Gasteiger partial charge in [-0.05, 0) is 0 Å². The van der Waals surface area contributed by atoms with Crippen molar-refractivity contribution >= 4 is 28.1 Å². The van der Waals surface area contributed by atoms with Crippen molar-refractivity contribution in [3.8, 4) is 0 Å². The van der Waals surface area contributed by atoms with E-state index in [1.165, 1.54) is 37.2 Å². The minimum atomic E-state index is -4.67. The zero-order chi connectivity index (χ0) is 16.8. The van der Waals surface area contributed by atoms with E-state index in [0.29, 0.717) is 6.42 Å². The molecule has 0 aromatic carbocycles. The summed E-state index contributed by atoms with van der Waals surface area (Å²) in [5, 5.41) is 1.26. The molecular weight excluding hydrogens is 304 g/mol. The van der Waals surface area contributed by atoms with Gasteiger partial charge in [0.1, 0.15) is 0 Å². The van der Waals surface area contributed by atoms with Crippen molar-refractivity contribution in [2.45, 2.75) is 75.5 Å². The number of hydrogen-bond acceptors (Lipinski definition) is 2. The molecule has 0 aromatic heterocycles. The fraction of sp³-hybridized carbons (Fsp3) is 1.00. The van der Waals surface area contributed by atoms with Gasteiger partial charge in [0.25, 0.3) is 0 Å². The second-order valence-corrected chi connectivity index (χ2v) is 5.89. The first-order valence-corrected chi connectivity index (χ1v) is 8.72. The van der Waals surface area contributed by atoms with Crippen LogP contribution in [-0.4, -0.2) is 41.4 Å². The van der Waals surface area contributed by atoms with Crippen LogP contribution in [0, 0.1) is 0 Å². The topological polar surface area (TPSA) is 74.6 Å². The van der Waals surface area contributed by atoms with Crippen molar-refractivity contribution in [2.24, 2.45) is 0 Å². The average molecular weight is 328 g/mol. The van der Waals surface area contributed by atoms with Crippen LogP contribution in [0.15, 0.2) is 0 Å². The number of halogens is 3. The molecule has 2 N–H and O–H groups in total. The van der Waals surface area contributed by atoms with Gasteiger partial charge in [0.2, 0.25) is 0 Å². The Hall–Kier alpha value is 0.257. The predicted octanol–water partition coefficient (Wildman–Crippen LogP) is 4.38. The van der Waals surface area contributed by atoms with Crippen LogP contribution < -0.4 is 0 Å². The van der Waals surface area contributed by atoms with Crippen LogP contribution in [-0.2, 0) is 10.4 Å². The molecule has 0 spiro atoms. The number of rotatable bonds is 10. The first-order valence-electron chi connectivity index (χ1n) is 7.33. The zero-order valence-corrected chi connectivity index (χ0v) is 13.3. The molecular formula is C12H24F3LiO4S. The Morgan fingerprint density at radius 2 is 1.05 bits per heavy atom. The molecule has 0 saturated carbocycles. The third-order valence-corrected chi connectivity index (χ3v) is 2.81. The summed E-state index contributed by atoms with van der Waals surface area (Å²) in [5.74, 6) is 0. The van der Waals surface area contributed by atoms with E-state index in [2.05, 4.69) is 17.7 Å². The minimum Gasteiger partial charge on any atom is -0.171 e. The summed E-state index contributed by atoms with van der Waals surface area (Å²) in [4.78, 5) is 0. The van der Waals surface area contributed by atoms with Gasteiger partial charge in [-0.2, -0.15) is 21.6 Å². The van der Waals surface area contributed by atoms with Gasteiger partial charge >= 0.3 is 104 Å². The monoisotopic (exact) mass is 328 g/mol. The SMILES string of the molecule is O=S(=O)(O)O.[Li][CH2]CCCCCCCCCCC(F)(F)F. The van der Waals surface area contributed by atoms with Gasteiger partial charge in [-0.25, -0.2) is 0 Å². The van der Waals surface area contributed by atoms with Crippen molar-refractivity contribution in [1.82, 2.24) is 0 Å². The van der Waals surface area contributed by atoms with Crippen molar-refractivity contribution in [3.05, 3.63) is 0 Å². The van der Waals surface area contributed by atoms with E-state index >= 15 is 0 Å². The van der Waals surface area contributed by atoms with Crippen LogP contribution in [0.25, 0.3) is 0 Å². The summed E-state index contributed by atoms with van der Waals surface area (Å²) in [6, 6.07) is 0. The fourth-order valence-electron chi connectivity index (χ4n) is 1.81. The fourth-order valence-corrected chi connectivity index (χ4v) is 1.81. The second kappa shape index (κ2) is 13.9. The van der Waals surface area contributed by atoms with Crippen LogP contribution in [0.5, 0.6) is 0 Å². The predicted molar refractivity (Wildman–Crippen MR) is 77.0 cm³/mol. The minimum absolute atomic E-state index is 0.305. The van der Waals surface area contributed by atoms with Crippen molar-refractivity contribution in [1.29, 1.82) is 0 Å². The van der Waals surface area contributed by atoms with E-state index in [-0.39, 0.29) is 0 Å². The molecule has 0 fully saturated rings. The molecule has 0 rings (SSSR count). The normalized spacial score (nSPS) is 12.0. The number of alkyl halides is 3. The third-order valence-electron chi connectivity index (χ3n) is 2.81. The smallest absolute Gasteiger partial charge is 0.171 e. The molecule has 124 valence electrons. The molecule has 0 aliphatic carbocycles. The van der Waals surface area contributed by atoms with Crippen molar-refractivity contribution in [2.75, 3.05) is 0 Å². The molecule has 4 nitrogen and oxygen atoms in total. The Bertz CT molecular complexity index is 313. The Morgan fingerprint density at radius 3 is 1.33 bits per heavy atom. The zero-order valence-electron chi connectivity index (χ0n) is 12.5. The van der Waals surface area contributed by atoms with Gasteiger partial charge < -0.3 is 0 Å². The second-order valence-electron chi connectivity index (χ2n) is 4.99. The Morgan fingerprint density at radius 1 is 0.762 bits per heavy atom. The summed E-state index contributed by atoms with van der Waals surface area (Å²) in [6.07, 6.45) is 4.88. The van der Waals surface area contributed by atoms with E-state index in [1.807, 2.05) is 0 Å². The van der Waals surface area contributed by atoms with Crippen molar-refractivity contribution in [3.63, 3.8) is 0 Å². The van der Waals surface area contributed by atoms with Gasteiger partial charge in [0.05, 0.1) is 0 Å². The van der Waals surface area contributed by atoms with Gasteiger partial charge in [-0.1, -0.05) is 0 Å². The van der Waals surface area contributed by atoms with Crippen LogP contribution in [0.4, 0.5) is 13.2 Å². The molecule has 0 atom stereocenters. The van der Waals surface area contributed by atoms with Crippen LogP contribution in [0.3, 0.4) is 0 Å². The average Bonchev–Trinajstić information content (AvgIpc) is 2.28. The summed E-state index contributed by atoms with van der Waals surface area (Å²) in [7, 11) is -4.67. The molecule has 21 heavy (non-hydrogen) atoms. The van der Waals surface area contributed by atoms with E-state index in [0.717, 1.165) is 19.3 Å². The molecule has 0 aromatic rings. The van der Waals surface area contributed by atoms with E-state index in [1.54, 1.807) is 0 Å². The standard InChI is InChI=1S/C12H22F3.Li.H2O4S/c1-2-3-4-5-6-7-8-9-10-11-12(13,14)15;;1-5(2,3)4/h1-11H2;;(H2,1,2,3,4). The Kier molecular flexibility index (Phi) is 15.6. The molecule has 0 unspecified atom stereocenters. The Balaban J connectivity index is 0. The molecule has 0 aliphatic heterocycles. The molecule has 9 heteroatoms. The first kappa shape index (κ1) is 23.5. The van der Waals surface area contributed by atoms with Gasteiger partial charge in [-0.15, -0.1) is 0 Å². The van der Waals surface area contributed by atoms with E-state index in [9.17, 15) is 13.2 Å². The van der Waals surface area contributed by atoms with Gasteiger partial charge in [0, 0.05) is 0 Å². The maximum atomic E-state index is 11.8. The van der Waals surface area contributed by atoms with Gasteiger partial charge in [-0.3, -0.25) is 9.11 Å². The maximum absolute atomic E-state index is 11.8. The molecule has 0 saturated heterocycles. The van der Waals surface area contributed by atoms with Crippen LogP contribution >= 0.6 is 0 Å². The summed E-state index contributed by atoms with van der Waals surface area (Å²) >= 11 is 2.20. The molecule has 0 heterocycles. The molecule has 0 amide bonds. The Labute approximate surface area is 134 Å². The summed E-state index contributed by atoms with van der Waals surface area (Å²) < 4.78 is 67.0. The van der Waals surface area contributed by atoms with Crippen LogP contribution in [0.2, 0.25) is 5.09 Å². The third kappa shape index (κ3) is 38.4. The van der Waals surface area contributed by atoms with Crippen LogP contribution in [0.1, 0.15) is 64.2 Å². The van der Waals surface area contributed by atoms with Crippen molar-refractivity contribution < 1.29 is 30.7 Å². The summed E-state index contributed by atoms with van der Waals surface area (Å²) in [6.45, 7) is 0. The first-order chi connectivity index (χ1) is 9.56. The quantitative estimate of drug-likeness (QED) is 0.354.